The Balaban J connectivity index is 1.66. The van der Waals surface area contributed by atoms with Crippen molar-refractivity contribution >= 4 is 5.91 Å². The normalized spacial score (nSPS) is 28.8. The van der Waals surface area contributed by atoms with Crippen LogP contribution >= 0.6 is 0 Å². The molecule has 5 heteroatoms. The third-order valence-electron chi connectivity index (χ3n) is 4.63. The third kappa shape index (κ3) is 4.43. The minimum absolute atomic E-state index is 0.204. The fourth-order valence-electron chi connectivity index (χ4n) is 3.23. The minimum Gasteiger partial charge on any atom is -0.381 e. The molecule has 0 aromatic rings. The van der Waals surface area contributed by atoms with Crippen LogP contribution in [0.4, 0.5) is 0 Å². The molecule has 2 aliphatic rings. The van der Waals surface area contributed by atoms with E-state index in [4.69, 9.17) is 4.74 Å². The number of carbonyl (C=O) groups excluding carboxylic acids is 1. The second kappa shape index (κ2) is 7.38. The van der Waals surface area contributed by atoms with E-state index < -0.39 is 0 Å². The molecule has 2 rings (SSSR count). The Hall–Kier alpha value is -0.650. The molecule has 1 N–H and O–H groups in total. The van der Waals surface area contributed by atoms with Gasteiger partial charge in [0.25, 0.3) is 0 Å². The van der Waals surface area contributed by atoms with Crippen LogP contribution in [0.15, 0.2) is 0 Å². The van der Waals surface area contributed by atoms with Gasteiger partial charge in [-0.1, -0.05) is 0 Å². The van der Waals surface area contributed by atoms with Crippen LogP contribution in [0.5, 0.6) is 0 Å². The van der Waals surface area contributed by atoms with Crippen molar-refractivity contribution in [2.75, 3.05) is 40.8 Å². The Morgan fingerprint density at radius 1 is 1.20 bits per heavy atom. The average Bonchev–Trinajstić information content (AvgIpc) is 2.88. The molecule has 1 saturated carbocycles. The number of nitrogens with one attached hydrogen (secondary N) is 1. The number of likely N-dealkylation sites (N-methyl/N-ethyl adjacent to an activating group) is 1. The van der Waals surface area contributed by atoms with Crippen LogP contribution in [0.1, 0.15) is 32.1 Å². The Bertz CT molecular complexity index is 314. The molecule has 1 amide bonds. The number of amides is 1. The number of nitrogens with zero attached hydrogens (tertiary/aromatic N) is 2. The summed E-state index contributed by atoms with van der Waals surface area (Å²) in [5, 5.41) is 3.78. The summed E-state index contributed by atoms with van der Waals surface area (Å²) in [5.41, 5.74) is 0. The highest BCUT2D eigenvalue weighted by Gasteiger charge is 2.28. The largest absolute Gasteiger partial charge is 0.381 e. The molecule has 1 aliphatic carbocycles. The molecule has 2 unspecified atom stereocenters. The SMILES string of the molecule is COC1CCC(NC2CCN(CC(=O)N(C)C)CC2)C1. The molecular weight excluding hydrogens is 254 g/mol. The molecule has 2 atom stereocenters. The van der Waals surface area contributed by atoms with Gasteiger partial charge >= 0.3 is 0 Å². The highest BCUT2D eigenvalue weighted by molar-refractivity contribution is 5.77. The summed E-state index contributed by atoms with van der Waals surface area (Å²) in [7, 11) is 5.46. The van der Waals surface area contributed by atoms with Gasteiger partial charge in [-0.2, -0.15) is 0 Å². The summed E-state index contributed by atoms with van der Waals surface area (Å²) in [6.07, 6.45) is 6.31. The molecule has 1 heterocycles. The van der Waals surface area contributed by atoms with E-state index in [2.05, 4.69) is 10.2 Å². The fraction of sp³-hybridized carbons (Fsp3) is 0.933. The van der Waals surface area contributed by atoms with Gasteiger partial charge in [0.15, 0.2) is 0 Å². The van der Waals surface area contributed by atoms with Crippen LogP contribution in [0.2, 0.25) is 0 Å². The first-order chi connectivity index (χ1) is 9.58. The van der Waals surface area contributed by atoms with Crippen molar-refractivity contribution in [3.8, 4) is 0 Å². The Labute approximate surface area is 122 Å². The maximum absolute atomic E-state index is 11.7. The number of hydrogen-bond donors (Lipinski definition) is 1. The molecule has 2 fully saturated rings. The molecule has 0 aromatic heterocycles. The molecule has 5 nitrogen and oxygen atoms in total. The van der Waals surface area contributed by atoms with Gasteiger partial charge < -0.3 is 15.0 Å². The topological polar surface area (TPSA) is 44.8 Å². The molecule has 1 aliphatic heterocycles. The van der Waals surface area contributed by atoms with Crippen molar-refractivity contribution < 1.29 is 9.53 Å². The molecule has 20 heavy (non-hydrogen) atoms. The first-order valence-electron chi connectivity index (χ1n) is 7.80. The number of methoxy groups -OCH3 is 1. The number of hydrogen-bond acceptors (Lipinski definition) is 4. The van der Waals surface area contributed by atoms with E-state index in [0.717, 1.165) is 32.4 Å². The first-order valence-corrected chi connectivity index (χ1v) is 7.80. The Morgan fingerprint density at radius 2 is 1.90 bits per heavy atom. The van der Waals surface area contributed by atoms with Gasteiger partial charge in [0.1, 0.15) is 0 Å². The van der Waals surface area contributed by atoms with Crippen molar-refractivity contribution in [2.24, 2.45) is 0 Å². The maximum Gasteiger partial charge on any atom is 0.236 e. The predicted molar refractivity (Wildman–Crippen MR) is 79.7 cm³/mol. The summed E-state index contributed by atoms with van der Waals surface area (Å²) in [6, 6.07) is 1.24. The summed E-state index contributed by atoms with van der Waals surface area (Å²) in [5.74, 6) is 0.204. The van der Waals surface area contributed by atoms with Crippen molar-refractivity contribution in [3.05, 3.63) is 0 Å². The first kappa shape index (κ1) is 15.7. The van der Waals surface area contributed by atoms with E-state index in [1.807, 2.05) is 21.2 Å². The van der Waals surface area contributed by atoms with Crippen molar-refractivity contribution in [1.82, 2.24) is 15.1 Å². The number of rotatable bonds is 5. The summed E-state index contributed by atoms with van der Waals surface area (Å²) in [6.45, 7) is 2.62. The molecule has 1 saturated heterocycles. The molecule has 116 valence electrons. The number of ether oxygens (including phenoxy) is 1. The lowest BCUT2D eigenvalue weighted by Crippen LogP contribution is -2.48. The smallest absolute Gasteiger partial charge is 0.236 e. The second-order valence-electron chi connectivity index (χ2n) is 6.37. The highest BCUT2D eigenvalue weighted by atomic mass is 16.5. The molecule has 0 aromatic carbocycles. The zero-order chi connectivity index (χ0) is 14.5. The molecule has 0 bridgehead atoms. The Kier molecular flexibility index (Phi) is 5.81. The van der Waals surface area contributed by atoms with Crippen molar-refractivity contribution in [1.29, 1.82) is 0 Å². The lowest BCUT2D eigenvalue weighted by atomic mass is 10.0. The number of piperidine rings is 1. The van der Waals surface area contributed by atoms with Crippen LogP contribution in [0, 0.1) is 0 Å². The highest BCUT2D eigenvalue weighted by Crippen LogP contribution is 2.23. The quantitative estimate of drug-likeness (QED) is 0.806. The molecule has 0 spiro atoms. The summed E-state index contributed by atoms with van der Waals surface area (Å²) < 4.78 is 5.42. The summed E-state index contributed by atoms with van der Waals surface area (Å²) >= 11 is 0. The van der Waals surface area contributed by atoms with Gasteiger partial charge in [-0.15, -0.1) is 0 Å². The molecular formula is C15H29N3O2. The zero-order valence-corrected chi connectivity index (χ0v) is 13.1. The lowest BCUT2D eigenvalue weighted by molar-refractivity contribution is -0.130. The fourth-order valence-corrected chi connectivity index (χ4v) is 3.23. The van der Waals surface area contributed by atoms with E-state index in [-0.39, 0.29) is 5.91 Å². The van der Waals surface area contributed by atoms with Crippen LogP contribution in [0.25, 0.3) is 0 Å². The van der Waals surface area contributed by atoms with Crippen LogP contribution in [0.3, 0.4) is 0 Å². The van der Waals surface area contributed by atoms with Crippen LogP contribution in [-0.4, -0.2) is 74.7 Å². The van der Waals surface area contributed by atoms with Crippen molar-refractivity contribution in [2.45, 2.75) is 50.3 Å². The standard InChI is InChI=1S/C15H29N3O2/c1-17(2)15(19)11-18-8-6-12(7-9-18)16-13-4-5-14(10-13)20-3/h12-14,16H,4-11H2,1-3H3. The third-order valence-corrected chi connectivity index (χ3v) is 4.63. The van der Waals surface area contributed by atoms with Gasteiger partial charge in [-0.25, -0.2) is 0 Å². The van der Waals surface area contributed by atoms with Gasteiger partial charge in [0.05, 0.1) is 12.6 Å². The van der Waals surface area contributed by atoms with E-state index in [9.17, 15) is 4.79 Å². The van der Waals surface area contributed by atoms with Crippen LogP contribution in [-0.2, 0) is 9.53 Å². The number of carbonyl (C=O) groups is 1. The summed E-state index contributed by atoms with van der Waals surface area (Å²) in [4.78, 5) is 15.6. The van der Waals surface area contributed by atoms with Crippen LogP contribution < -0.4 is 5.32 Å². The van der Waals surface area contributed by atoms with Gasteiger partial charge in [-0.05, 0) is 32.1 Å². The maximum atomic E-state index is 11.7. The number of likely N-dealkylation sites (tertiary alicyclic amines) is 1. The second-order valence-corrected chi connectivity index (χ2v) is 6.37. The van der Waals surface area contributed by atoms with Crippen molar-refractivity contribution in [3.63, 3.8) is 0 Å². The van der Waals surface area contributed by atoms with Gasteiger partial charge in [-0.3, -0.25) is 9.69 Å². The minimum atomic E-state index is 0.204. The zero-order valence-electron chi connectivity index (χ0n) is 13.1. The lowest BCUT2D eigenvalue weighted by Gasteiger charge is -2.34. The Morgan fingerprint density at radius 3 is 2.45 bits per heavy atom. The monoisotopic (exact) mass is 283 g/mol. The van der Waals surface area contributed by atoms with E-state index in [0.29, 0.717) is 24.7 Å². The average molecular weight is 283 g/mol. The van der Waals surface area contributed by atoms with Gasteiger partial charge in [0, 0.05) is 46.4 Å². The molecule has 0 radical (unpaired) electrons. The van der Waals surface area contributed by atoms with E-state index >= 15 is 0 Å². The van der Waals surface area contributed by atoms with E-state index in [1.54, 1.807) is 4.90 Å². The van der Waals surface area contributed by atoms with Gasteiger partial charge in [0.2, 0.25) is 5.91 Å². The predicted octanol–water partition coefficient (Wildman–Crippen LogP) is 0.696. The van der Waals surface area contributed by atoms with E-state index in [1.165, 1.54) is 12.8 Å².